The summed E-state index contributed by atoms with van der Waals surface area (Å²) in [7, 11) is 0. The van der Waals surface area contributed by atoms with Crippen LogP contribution < -0.4 is 5.32 Å². The fraction of sp³-hybridized carbons (Fsp3) is 0.847. The SMILES string of the molecule is CCCCCCC/C=C\C/C=C\CCCCCCCCCCCCCCCCCCCCCC(=O)NC(COC1OC(CO)C(O)C(O)C1O)C(O)/C=C/CC/C=C/CC/C=C/CCCCCCCCCCCCCCCCCCC. The number of amides is 1. The van der Waals surface area contributed by atoms with Crippen LogP contribution in [0.2, 0.25) is 0 Å². The summed E-state index contributed by atoms with van der Waals surface area (Å²) in [6.45, 7) is 3.79. The normalized spacial score (nSPS) is 18.7. The molecule has 7 atom stereocenters. The van der Waals surface area contributed by atoms with E-state index in [0.29, 0.717) is 6.42 Å². The van der Waals surface area contributed by atoms with Crippen molar-refractivity contribution in [2.24, 2.45) is 0 Å². The van der Waals surface area contributed by atoms with Crippen LogP contribution in [0.5, 0.6) is 0 Å². The van der Waals surface area contributed by atoms with E-state index in [1.54, 1.807) is 6.08 Å². The van der Waals surface area contributed by atoms with Crippen molar-refractivity contribution in [3.63, 3.8) is 0 Å². The molecule has 474 valence electrons. The molecule has 7 unspecified atom stereocenters. The minimum atomic E-state index is -1.58. The van der Waals surface area contributed by atoms with E-state index < -0.39 is 49.5 Å². The third-order valence-corrected chi connectivity index (χ3v) is 16.5. The average Bonchev–Trinajstić information content (AvgIpc) is 3.47. The minimum Gasteiger partial charge on any atom is -0.394 e. The Bertz CT molecular complexity index is 1460. The molecule has 1 aliphatic heterocycles. The molecule has 0 aromatic rings. The van der Waals surface area contributed by atoms with Gasteiger partial charge in [0.1, 0.15) is 24.4 Å². The highest BCUT2D eigenvalue weighted by atomic mass is 16.7. The summed E-state index contributed by atoms with van der Waals surface area (Å²) in [5.74, 6) is -0.186. The molecule has 81 heavy (non-hydrogen) atoms. The average molecular weight is 1140 g/mol. The zero-order valence-electron chi connectivity index (χ0n) is 53.0. The first kappa shape index (κ1) is 76.9. The predicted molar refractivity (Wildman–Crippen MR) is 346 cm³/mol. The Kier molecular flexibility index (Phi) is 57.9. The van der Waals surface area contributed by atoms with Gasteiger partial charge in [0.15, 0.2) is 6.29 Å². The van der Waals surface area contributed by atoms with Crippen molar-refractivity contribution in [2.45, 2.75) is 378 Å². The van der Waals surface area contributed by atoms with Crippen molar-refractivity contribution in [3.8, 4) is 0 Å². The van der Waals surface area contributed by atoms with Crippen molar-refractivity contribution >= 4 is 5.91 Å². The maximum Gasteiger partial charge on any atom is 0.220 e. The quantitative estimate of drug-likeness (QED) is 0.0261. The van der Waals surface area contributed by atoms with Gasteiger partial charge >= 0.3 is 0 Å². The highest BCUT2D eigenvalue weighted by Gasteiger charge is 2.44. The Morgan fingerprint density at radius 3 is 1.11 bits per heavy atom. The number of aliphatic hydroxyl groups is 5. The highest BCUT2D eigenvalue weighted by Crippen LogP contribution is 2.23. The number of nitrogens with one attached hydrogen (secondary N) is 1. The number of rotatable bonds is 61. The number of carbonyl (C=O) groups excluding carboxylic acids is 1. The number of carbonyl (C=O) groups is 1. The second-order valence-electron chi connectivity index (χ2n) is 24.3. The molecule has 1 amide bonds. The molecule has 1 aliphatic rings. The van der Waals surface area contributed by atoms with Crippen LogP contribution in [0.4, 0.5) is 0 Å². The zero-order valence-corrected chi connectivity index (χ0v) is 53.0. The summed E-state index contributed by atoms with van der Waals surface area (Å²) in [5.41, 5.74) is 0. The third-order valence-electron chi connectivity index (χ3n) is 16.5. The molecule has 0 aromatic carbocycles. The first-order valence-electron chi connectivity index (χ1n) is 35.0. The fourth-order valence-electron chi connectivity index (χ4n) is 11.0. The van der Waals surface area contributed by atoms with E-state index in [-0.39, 0.29) is 12.5 Å². The maximum atomic E-state index is 13.1. The fourth-order valence-corrected chi connectivity index (χ4v) is 11.0. The minimum absolute atomic E-state index is 0.186. The van der Waals surface area contributed by atoms with Crippen molar-refractivity contribution in [1.29, 1.82) is 0 Å². The van der Waals surface area contributed by atoms with E-state index in [1.165, 1.54) is 263 Å². The molecule has 9 nitrogen and oxygen atoms in total. The molecule has 1 fully saturated rings. The van der Waals surface area contributed by atoms with E-state index in [0.717, 1.165) is 51.4 Å². The molecule has 1 rings (SSSR count). The Balaban J connectivity index is 2.16. The van der Waals surface area contributed by atoms with Gasteiger partial charge in [-0.05, 0) is 77.0 Å². The van der Waals surface area contributed by atoms with Crippen LogP contribution in [0, 0.1) is 0 Å². The summed E-state index contributed by atoms with van der Waals surface area (Å²) in [6.07, 6.45) is 77.6. The standard InChI is InChI=1S/C72H133NO8/c1-3-5-7-9-11-13-15-17-19-21-23-25-27-29-31-32-33-34-36-38-40-42-44-46-48-50-52-54-56-58-60-62-68(76)73-65(64-80-72-71(79)70(78)69(77)67(63-74)81-72)66(75)61-59-57-55-53-51-49-47-45-43-41-39-37-35-30-28-26-24-22-20-18-16-14-12-10-8-6-4-2/h15,17,21,23,43,45,51,53,59,61,65-67,69-72,74-75,77-79H,3-14,16,18-20,22,24-42,44,46-50,52,54-58,60,62-64H2,1-2H3,(H,73,76)/b17-15-,23-21-,45-43+,53-51+,61-59+. The van der Waals surface area contributed by atoms with Gasteiger partial charge in [-0.15, -0.1) is 0 Å². The van der Waals surface area contributed by atoms with Gasteiger partial charge in [0.05, 0.1) is 25.4 Å². The molecule has 1 saturated heterocycles. The molecule has 0 spiro atoms. The Morgan fingerprint density at radius 2 is 0.741 bits per heavy atom. The van der Waals surface area contributed by atoms with Crippen molar-refractivity contribution in [1.82, 2.24) is 5.32 Å². The first-order chi connectivity index (χ1) is 39.8. The number of aliphatic hydroxyl groups excluding tert-OH is 5. The summed E-state index contributed by atoms with van der Waals surface area (Å²) in [5, 5.41) is 54.7. The summed E-state index contributed by atoms with van der Waals surface area (Å²) in [4.78, 5) is 13.1. The lowest BCUT2D eigenvalue weighted by Gasteiger charge is -2.40. The molecular formula is C72H133NO8. The predicted octanol–water partition coefficient (Wildman–Crippen LogP) is 19.0. The molecule has 0 aromatic heterocycles. The number of unbranched alkanes of at least 4 members (excludes halogenated alkanes) is 43. The van der Waals surface area contributed by atoms with Gasteiger partial charge in [0.2, 0.25) is 5.91 Å². The van der Waals surface area contributed by atoms with E-state index >= 15 is 0 Å². The third kappa shape index (κ3) is 49.8. The van der Waals surface area contributed by atoms with Gasteiger partial charge in [-0.1, -0.05) is 312 Å². The van der Waals surface area contributed by atoms with Crippen LogP contribution >= 0.6 is 0 Å². The smallest absolute Gasteiger partial charge is 0.220 e. The lowest BCUT2D eigenvalue weighted by Crippen LogP contribution is -2.60. The molecule has 1 heterocycles. The summed E-state index contributed by atoms with van der Waals surface area (Å²) >= 11 is 0. The number of ether oxygens (including phenoxy) is 2. The Morgan fingerprint density at radius 1 is 0.420 bits per heavy atom. The summed E-state index contributed by atoms with van der Waals surface area (Å²) in [6, 6.07) is -0.831. The second-order valence-corrected chi connectivity index (χ2v) is 24.3. The van der Waals surface area contributed by atoms with Gasteiger partial charge in [-0.2, -0.15) is 0 Å². The lowest BCUT2D eigenvalue weighted by molar-refractivity contribution is -0.302. The van der Waals surface area contributed by atoms with E-state index in [4.69, 9.17) is 9.47 Å². The summed E-state index contributed by atoms with van der Waals surface area (Å²) < 4.78 is 11.3. The molecule has 0 aliphatic carbocycles. The number of allylic oxidation sites excluding steroid dienone is 9. The van der Waals surface area contributed by atoms with Gasteiger partial charge in [-0.25, -0.2) is 0 Å². The van der Waals surface area contributed by atoms with Crippen LogP contribution in [-0.2, 0) is 14.3 Å². The Labute approximate surface area is 500 Å². The van der Waals surface area contributed by atoms with Crippen LogP contribution in [0.1, 0.15) is 335 Å². The maximum absolute atomic E-state index is 13.1. The van der Waals surface area contributed by atoms with Gasteiger partial charge in [0, 0.05) is 6.42 Å². The van der Waals surface area contributed by atoms with Gasteiger partial charge in [-0.3, -0.25) is 4.79 Å². The van der Waals surface area contributed by atoms with E-state index in [2.05, 4.69) is 67.8 Å². The van der Waals surface area contributed by atoms with E-state index in [9.17, 15) is 30.3 Å². The van der Waals surface area contributed by atoms with Crippen LogP contribution in [0.3, 0.4) is 0 Å². The number of hydrogen-bond acceptors (Lipinski definition) is 8. The van der Waals surface area contributed by atoms with Crippen molar-refractivity contribution < 1.29 is 39.8 Å². The highest BCUT2D eigenvalue weighted by molar-refractivity contribution is 5.76. The van der Waals surface area contributed by atoms with Crippen LogP contribution in [0.15, 0.2) is 60.8 Å². The Hall–Kier alpha value is -2.11. The topological polar surface area (TPSA) is 149 Å². The zero-order chi connectivity index (χ0) is 58.6. The monoisotopic (exact) mass is 1140 g/mol. The van der Waals surface area contributed by atoms with Crippen LogP contribution in [-0.4, -0.2) is 87.5 Å². The van der Waals surface area contributed by atoms with Crippen molar-refractivity contribution in [2.75, 3.05) is 13.2 Å². The van der Waals surface area contributed by atoms with Crippen LogP contribution in [0.25, 0.3) is 0 Å². The largest absolute Gasteiger partial charge is 0.394 e. The van der Waals surface area contributed by atoms with Crippen molar-refractivity contribution in [3.05, 3.63) is 60.8 Å². The first-order valence-corrected chi connectivity index (χ1v) is 35.0. The molecule has 6 N–H and O–H groups in total. The molecular weight excluding hydrogens is 1010 g/mol. The van der Waals surface area contributed by atoms with Gasteiger partial charge < -0.3 is 40.3 Å². The van der Waals surface area contributed by atoms with Gasteiger partial charge in [0.25, 0.3) is 0 Å². The molecule has 0 saturated carbocycles. The molecule has 0 bridgehead atoms. The molecule has 0 radical (unpaired) electrons. The van der Waals surface area contributed by atoms with E-state index in [1.807, 2.05) is 6.08 Å². The lowest BCUT2D eigenvalue weighted by atomic mass is 9.99. The molecule has 9 heteroatoms. The second kappa shape index (κ2) is 61.0. The number of hydrogen-bond donors (Lipinski definition) is 6.